The zero-order valence-corrected chi connectivity index (χ0v) is 12.9. The molecule has 0 saturated carbocycles. The third kappa shape index (κ3) is 4.70. The summed E-state index contributed by atoms with van der Waals surface area (Å²) in [5, 5.41) is 2.82. The van der Waals surface area contributed by atoms with Gasteiger partial charge in [-0.25, -0.2) is 0 Å². The van der Waals surface area contributed by atoms with E-state index in [9.17, 15) is 4.79 Å². The molecule has 0 aliphatic rings. The first-order valence-corrected chi connectivity index (χ1v) is 7.23. The van der Waals surface area contributed by atoms with Crippen molar-refractivity contribution in [3.63, 3.8) is 0 Å². The zero-order chi connectivity index (χ0) is 14.2. The number of amides is 1. The fraction of sp³-hybridized carbons (Fsp3) is 0.0625. The summed E-state index contributed by atoms with van der Waals surface area (Å²) in [5.41, 5.74) is 0.812. The second-order valence-electron chi connectivity index (χ2n) is 4.00. The minimum Gasteiger partial charge on any atom is -0.490 e. The minimum absolute atomic E-state index is 0.161. The molecule has 0 saturated heterocycles. The molecule has 2 aromatic rings. The molecule has 1 N–H and O–H groups in total. The van der Waals surface area contributed by atoms with Gasteiger partial charge >= 0.3 is 0 Å². The van der Waals surface area contributed by atoms with Crippen LogP contribution in [0.5, 0.6) is 5.75 Å². The Hall–Kier alpha value is -1.82. The van der Waals surface area contributed by atoms with Gasteiger partial charge in [0.1, 0.15) is 12.4 Å². The average molecular weight is 379 g/mol. The molecule has 1 amide bonds. The maximum absolute atomic E-state index is 11.7. The Bertz CT molecular complexity index is 596. The number of ether oxygens (including phenoxy) is 1. The van der Waals surface area contributed by atoms with Crippen LogP contribution < -0.4 is 10.1 Å². The normalized spacial score (nSPS) is 10.4. The summed E-state index contributed by atoms with van der Waals surface area (Å²) < 4.78 is 6.47. The summed E-state index contributed by atoms with van der Waals surface area (Å²) in [6.45, 7) is 0.364. The first kappa shape index (κ1) is 14.6. The van der Waals surface area contributed by atoms with Crippen molar-refractivity contribution in [2.24, 2.45) is 0 Å². The third-order valence-corrected chi connectivity index (χ3v) is 3.43. The SMILES string of the molecule is O=C(/C=C/COc1ccccc1)Nc1ccccc1I. The highest BCUT2D eigenvalue weighted by Crippen LogP contribution is 2.16. The van der Waals surface area contributed by atoms with Crippen LogP contribution >= 0.6 is 22.6 Å². The van der Waals surface area contributed by atoms with Crippen LogP contribution in [0.3, 0.4) is 0 Å². The van der Waals surface area contributed by atoms with E-state index in [1.54, 1.807) is 6.08 Å². The standard InChI is InChI=1S/C16H14INO2/c17-14-9-4-5-10-15(14)18-16(19)11-6-12-20-13-7-2-1-3-8-13/h1-11H,12H2,(H,18,19)/b11-6+. The van der Waals surface area contributed by atoms with Crippen molar-refractivity contribution in [2.75, 3.05) is 11.9 Å². The van der Waals surface area contributed by atoms with Crippen LogP contribution in [0, 0.1) is 3.57 Å². The summed E-state index contributed by atoms with van der Waals surface area (Å²) in [4.78, 5) is 11.7. The summed E-state index contributed by atoms with van der Waals surface area (Å²) >= 11 is 2.18. The lowest BCUT2D eigenvalue weighted by molar-refractivity contribution is -0.111. The number of hydrogen-bond donors (Lipinski definition) is 1. The number of benzene rings is 2. The van der Waals surface area contributed by atoms with Crippen molar-refractivity contribution in [2.45, 2.75) is 0 Å². The van der Waals surface area contributed by atoms with Crippen molar-refractivity contribution in [3.05, 3.63) is 70.3 Å². The van der Waals surface area contributed by atoms with Gasteiger partial charge < -0.3 is 10.1 Å². The number of carbonyl (C=O) groups is 1. The highest BCUT2D eigenvalue weighted by Gasteiger charge is 2.00. The molecule has 0 aliphatic heterocycles. The maximum Gasteiger partial charge on any atom is 0.248 e. The lowest BCUT2D eigenvalue weighted by Crippen LogP contribution is -2.09. The number of rotatable bonds is 5. The topological polar surface area (TPSA) is 38.3 Å². The lowest BCUT2D eigenvalue weighted by Gasteiger charge is -2.04. The van der Waals surface area contributed by atoms with Gasteiger partial charge in [0.15, 0.2) is 0 Å². The fourth-order valence-electron chi connectivity index (χ4n) is 1.55. The molecule has 0 aliphatic carbocycles. The van der Waals surface area contributed by atoms with E-state index in [1.807, 2.05) is 54.6 Å². The average Bonchev–Trinajstić information content (AvgIpc) is 2.47. The molecule has 0 aromatic heterocycles. The number of hydrogen-bond acceptors (Lipinski definition) is 2. The van der Waals surface area contributed by atoms with Crippen molar-refractivity contribution < 1.29 is 9.53 Å². The predicted molar refractivity (Wildman–Crippen MR) is 88.9 cm³/mol. The molecule has 0 unspecified atom stereocenters. The van der Waals surface area contributed by atoms with Gasteiger partial charge in [0.25, 0.3) is 0 Å². The number of para-hydroxylation sites is 2. The number of halogens is 1. The molecule has 0 fully saturated rings. The largest absolute Gasteiger partial charge is 0.490 e. The highest BCUT2D eigenvalue weighted by molar-refractivity contribution is 14.1. The molecule has 4 heteroatoms. The summed E-state index contributed by atoms with van der Waals surface area (Å²) in [5.74, 6) is 0.626. The van der Waals surface area contributed by atoms with Crippen LogP contribution in [-0.2, 0) is 4.79 Å². The van der Waals surface area contributed by atoms with E-state index in [4.69, 9.17) is 4.74 Å². The third-order valence-electron chi connectivity index (χ3n) is 2.49. The Morgan fingerprint density at radius 3 is 2.55 bits per heavy atom. The van der Waals surface area contributed by atoms with Gasteiger partial charge in [-0.15, -0.1) is 0 Å². The van der Waals surface area contributed by atoms with Crippen LogP contribution in [0.15, 0.2) is 66.7 Å². The van der Waals surface area contributed by atoms with Gasteiger partial charge in [0.2, 0.25) is 5.91 Å². The Morgan fingerprint density at radius 1 is 1.10 bits per heavy atom. The Labute approximate surface area is 131 Å². The highest BCUT2D eigenvalue weighted by atomic mass is 127. The van der Waals surface area contributed by atoms with Crippen molar-refractivity contribution >= 4 is 34.2 Å². The molecule has 102 valence electrons. The molecule has 20 heavy (non-hydrogen) atoms. The minimum atomic E-state index is -0.161. The summed E-state index contributed by atoms with van der Waals surface area (Å²) in [6.07, 6.45) is 3.17. The fourth-order valence-corrected chi connectivity index (χ4v) is 2.08. The van der Waals surface area contributed by atoms with Crippen LogP contribution in [-0.4, -0.2) is 12.5 Å². The molecule has 0 heterocycles. The van der Waals surface area contributed by atoms with Gasteiger partial charge in [-0.3, -0.25) is 4.79 Å². The van der Waals surface area contributed by atoms with Gasteiger partial charge in [-0.1, -0.05) is 30.3 Å². The van der Waals surface area contributed by atoms with Gasteiger partial charge in [-0.2, -0.15) is 0 Å². The van der Waals surface area contributed by atoms with Gasteiger partial charge in [0.05, 0.1) is 5.69 Å². The molecule has 3 nitrogen and oxygen atoms in total. The number of carbonyl (C=O) groups excluding carboxylic acids is 1. The Kier molecular flexibility index (Phi) is 5.61. The van der Waals surface area contributed by atoms with Crippen molar-refractivity contribution in [3.8, 4) is 5.75 Å². The van der Waals surface area contributed by atoms with E-state index < -0.39 is 0 Å². The van der Waals surface area contributed by atoms with E-state index >= 15 is 0 Å². The van der Waals surface area contributed by atoms with E-state index in [0.717, 1.165) is 15.0 Å². The summed E-state index contributed by atoms with van der Waals surface area (Å²) in [7, 11) is 0. The Balaban J connectivity index is 1.80. The van der Waals surface area contributed by atoms with Crippen molar-refractivity contribution in [1.82, 2.24) is 0 Å². The first-order valence-electron chi connectivity index (χ1n) is 6.15. The molecular weight excluding hydrogens is 365 g/mol. The van der Waals surface area contributed by atoms with Crippen LogP contribution in [0.1, 0.15) is 0 Å². The second-order valence-corrected chi connectivity index (χ2v) is 5.16. The number of anilines is 1. The second kappa shape index (κ2) is 7.69. The Morgan fingerprint density at radius 2 is 1.80 bits per heavy atom. The van der Waals surface area contributed by atoms with E-state index in [0.29, 0.717) is 6.61 Å². The van der Waals surface area contributed by atoms with Crippen LogP contribution in [0.2, 0.25) is 0 Å². The molecular formula is C16H14INO2. The predicted octanol–water partition coefficient (Wildman–Crippen LogP) is 3.86. The smallest absolute Gasteiger partial charge is 0.248 e. The molecule has 2 rings (SSSR count). The maximum atomic E-state index is 11.7. The summed E-state index contributed by atoms with van der Waals surface area (Å²) in [6, 6.07) is 17.1. The van der Waals surface area contributed by atoms with E-state index in [-0.39, 0.29) is 5.91 Å². The first-order chi connectivity index (χ1) is 9.75. The molecule has 0 spiro atoms. The quantitative estimate of drug-likeness (QED) is 0.633. The van der Waals surface area contributed by atoms with Crippen molar-refractivity contribution in [1.29, 1.82) is 0 Å². The van der Waals surface area contributed by atoms with E-state index in [2.05, 4.69) is 27.9 Å². The van der Waals surface area contributed by atoms with Gasteiger partial charge in [-0.05, 0) is 52.9 Å². The number of nitrogens with one attached hydrogen (secondary N) is 1. The molecule has 2 aromatic carbocycles. The van der Waals surface area contributed by atoms with Gasteiger partial charge in [0, 0.05) is 9.65 Å². The molecule has 0 atom stereocenters. The lowest BCUT2D eigenvalue weighted by atomic mass is 10.3. The molecule has 0 bridgehead atoms. The van der Waals surface area contributed by atoms with Crippen LogP contribution in [0.25, 0.3) is 0 Å². The van der Waals surface area contributed by atoms with Crippen LogP contribution in [0.4, 0.5) is 5.69 Å². The molecule has 0 radical (unpaired) electrons. The zero-order valence-electron chi connectivity index (χ0n) is 10.8. The monoisotopic (exact) mass is 379 g/mol. The van der Waals surface area contributed by atoms with E-state index in [1.165, 1.54) is 6.08 Å².